The van der Waals surface area contributed by atoms with E-state index in [9.17, 15) is 28.0 Å². The van der Waals surface area contributed by atoms with Gasteiger partial charge in [0.2, 0.25) is 0 Å². The molecule has 2 aliphatic rings. The zero-order valence-electron chi connectivity index (χ0n) is 26.8. The van der Waals surface area contributed by atoms with Gasteiger partial charge in [-0.3, -0.25) is 19.3 Å². The minimum absolute atomic E-state index is 0.0548. The number of halogens is 3. The highest BCUT2D eigenvalue weighted by Crippen LogP contribution is 2.45. The van der Waals surface area contributed by atoms with Crippen LogP contribution in [0, 0.1) is 11.3 Å². The Kier molecular flexibility index (Phi) is 9.99. The molecule has 1 aromatic heterocycles. The molecule has 2 atom stereocenters. The van der Waals surface area contributed by atoms with Gasteiger partial charge in [-0.05, 0) is 59.4 Å². The third-order valence-corrected chi connectivity index (χ3v) is 8.57. The van der Waals surface area contributed by atoms with Gasteiger partial charge in [-0.15, -0.1) is 0 Å². The van der Waals surface area contributed by atoms with Crippen LogP contribution >= 0.6 is 11.6 Å². The lowest BCUT2D eigenvalue weighted by molar-refractivity contribution is -0.148. The van der Waals surface area contributed by atoms with Crippen molar-refractivity contribution in [2.24, 2.45) is 22.1 Å². The third-order valence-electron chi connectivity index (χ3n) is 8.24. The number of carbonyl (C=O) groups is 4. The summed E-state index contributed by atoms with van der Waals surface area (Å²) in [5.41, 5.74) is 6.71. The van der Waals surface area contributed by atoms with Crippen molar-refractivity contribution in [2.45, 2.75) is 64.6 Å². The zero-order chi connectivity index (χ0) is 34.8. The standard InChI is InChI=1S/C34H37ClF2N6O5/c1-33(2,3)19-34(24-9-6-21(7-10-24)23-16-40-42(17-23)31(36)37)30(47)43(32(38)41-34)27(18-48-28(45)14-20-4-5-20)22-8-11-26(35)25(15-22)29(46)39-12-13-44/h6-11,13,15-17,20,27,31H,4-5,12,14,18-19H2,1-3H3,(H2,38,41)(H,39,46)/t27-,34-/m1/s1. The van der Waals surface area contributed by atoms with Crippen LogP contribution < -0.4 is 11.1 Å². The number of nitrogens with one attached hydrogen (secondary N) is 1. The Morgan fingerprint density at radius 1 is 1.17 bits per heavy atom. The van der Waals surface area contributed by atoms with Gasteiger partial charge < -0.3 is 20.6 Å². The molecule has 48 heavy (non-hydrogen) atoms. The van der Waals surface area contributed by atoms with E-state index in [0.717, 1.165) is 12.8 Å². The molecule has 14 heteroatoms. The van der Waals surface area contributed by atoms with Crippen LogP contribution in [0.1, 0.15) is 80.5 Å². The van der Waals surface area contributed by atoms with E-state index in [1.54, 1.807) is 30.3 Å². The number of aliphatic imine (C=N–C) groups is 1. The van der Waals surface area contributed by atoms with Gasteiger partial charge in [0, 0.05) is 18.2 Å². The van der Waals surface area contributed by atoms with Crippen molar-refractivity contribution < 1.29 is 32.7 Å². The zero-order valence-corrected chi connectivity index (χ0v) is 27.5. The Labute approximate surface area is 281 Å². The van der Waals surface area contributed by atoms with E-state index in [-0.39, 0.29) is 48.5 Å². The molecule has 254 valence electrons. The molecule has 2 heterocycles. The van der Waals surface area contributed by atoms with Crippen LogP contribution in [-0.2, 0) is 24.7 Å². The van der Waals surface area contributed by atoms with Crippen LogP contribution in [-0.4, -0.2) is 57.9 Å². The second kappa shape index (κ2) is 13.8. The number of aromatic nitrogens is 2. The van der Waals surface area contributed by atoms with Gasteiger partial charge >= 0.3 is 12.5 Å². The minimum Gasteiger partial charge on any atom is -0.463 e. The molecule has 3 aromatic rings. The average Bonchev–Trinajstić information content (AvgIpc) is 3.63. The van der Waals surface area contributed by atoms with Gasteiger partial charge in [-0.25, -0.2) is 9.67 Å². The SMILES string of the molecule is CC(C)(C)C[C@]1(c2ccc(-c3cnn(C(F)F)c3)cc2)N=C(N)N([C@H](COC(=O)CC2CC2)c2ccc(Cl)c(C(=O)NCC=O)c2)C1=O. The Morgan fingerprint density at radius 2 is 1.88 bits per heavy atom. The number of hydrogen-bond acceptors (Lipinski definition) is 8. The molecule has 1 aliphatic heterocycles. The van der Waals surface area contributed by atoms with Crippen molar-refractivity contribution in [3.63, 3.8) is 0 Å². The average molecular weight is 683 g/mol. The number of ether oxygens (including phenoxy) is 1. The van der Waals surface area contributed by atoms with E-state index in [0.29, 0.717) is 33.2 Å². The van der Waals surface area contributed by atoms with Gasteiger partial charge in [0.05, 0.1) is 29.4 Å². The van der Waals surface area contributed by atoms with E-state index in [1.807, 2.05) is 20.8 Å². The predicted octanol–water partition coefficient (Wildman–Crippen LogP) is 5.40. The molecule has 0 spiro atoms. The molecule has 1 aliphatic carbocycles. The molecule has 2 aromatic carbocycles. The fraction of sp³-hybridized carbons (Fsp3) is 0.412. The largest absolute Gasteiger partial charge is 0.463 e. The summed E-state index contributed by atoms with van der Waals surface area (Å²) >= 11 is 6.35. The predicted molar refractivity (Wildman–Crippen MR) is 174 cm³/mol. The molecule has 2 amide bonds. The molecular weight excluding hydrogens is 646 g/mol. The topological polar surface area (TPSA) is 149 Å². The normalized spacial score (nSPS) is 18.5. The van der Waals surface area contributed by atoms with Crippen molar-refractivity contribution >= 4 is 41.6 Å². The summed E-state index contributed by atoms with van der Waals surface area (Å²) in [6.07, 6.45) is 5.49. The molecule has 3 N–H and O–H groups in total. The summed E-state index contributed by atoms with van der Waals surface area (Å²) < 4.78 is 32.5. The fourth-order valence-electron chi connectivity index (χ4n) is 5.87. The maximum Gasteiger partial charge on any atom is 0.333 e. The number of hydrogen-bond donors (Lipinski definition) is 2. The lowest BCUT2D eigenvalue weighted by Crippen LogP contribution is -2.47. The number of aldehydes is 1. The molecule has 11 nitrogen and oxygen atoms in total. The van der Waals surface area contributed by atoms with Gasteiger partial charge in [0.1, 0.15) is 12.9 Å². The second-order valence-electron chi connectivity index (χ2n) is 13.3. The first-order valence-corrected chi connectivity index (χ1v) is 15.9. The number of amides is 2. The smallest absolute Gasteiger partial charge is 0.333 e. The lowest BCUT2D eigenvalue weighted by atomic mass is 9.75. The maximum atomic E-state index is 14.8. The molecule has 0 saturated heterocycles. The summed E-state index contributed by atoms with van der Waals surface area (Å²) in [7, 11) is 0. The number of rotatable bonds is 13. The summed E-state index contributed by atoms with van der Waals surface area (Å²) in [5.74, 6) is -1.34. The van der Waals surface area contributed by atoms with E-state index < -0.39 is 41.3 Å². The third kappa shape index (κ3) is 7.56. The van der Waals surface area contributed by atoms with E-state index in [1.165, 1.54) is 29.4 Å². The molecule has 1 saturated carbocycles. The Hall–Kier alpha value is -4.65. The van der Waals surface area contributed by atoms with Gasteiger partial charge in [-0.1, -0.05) is 62.7 Å². The van der Waals surface area contributed by atoms with Crippen LogP contribution in [0.2, 0.25) is 5.02 Å². The first-order chi connectivity index (χ1) is 22.7. The van der Waals surface area contributed by atoms with Crippen LogP contribution in [0.25, 0.3) is 11.1 Å². The van der Waals surface area contributed by atoms with Crippen LogP contribution in [0.4, 0.5) is 8.78 Å². The fourth-order valence-corrected chi connectivity index (χ4v) is 6.07. The Morgan fingerprint density at radius 3 is 2.48 bits per heavy atom. The van der Waals surface area contributed by atoms with Crippen LogP contribution in [0.3, 0.4) is 0 Å². The van der Waals surface area contributed by atoms with E-state index in [2.05, 4.69) is 10.4 Å². The number of alkyl halides is 2. The van der Waals surface area contributed by atoms with Crippen LogP contribution in [0.15, 0.2) is 59.9 Å². The van der Waals surface area contributed by atoms with Gasteiger partial charge in [-0.2, -0.15) is 13.9 Å². The number of benzene rings is 2. The number of esters is 1. The van der Waals surface area contributed by atoms with Gasteiger partial charge in [0.25, 0.3) is 11.8 Å². The van der Waals surface area contributed by atoms with Gasteiger partial charge in [0.15, 0.2) is 11.5 Å². The van der Waals surface area contributed by atoms with E-state index >= 15 is 0 Å². The van der Waals surface area contributed by atoms with Crippen molar-refractivity contribution in [2.75, 3.05) is 13.2 Å². The van der Waals surface area contributed by atoms with E-state index in [4.69, 9.17) is 27.1 Å². The van der Waals surface area contributed by atoms with Crippen molar-refractivity contribution in [3.8, 4) is 11.1 Å². The highest BCUT2D eigenvalue weighted by atomic mass is 35.5. The summed E-state index contributed by atoms with van der Waals surface area (Å²) in [6, 6.07) is 10.4. The highest BCUT2D eigenvalue weighted by Gasteiger charge is 2.53. The number of nitrogens with zero attached hydrogens (tertiary/aromatic N) is 4. The molecular formula is C34H37ClF2N6O5. The molecule has 1 fully saturated rings. The first-order valence-electron chi connectivity index (χ1n) is 15.5. The highest BCUT2D eigenvalue weighted by molar-refractivity contribution is 6.33. The number of nitrogens with two attached hydrogens (primary N) is 1. The quantitative estimate of drug-likeness (QED) is 0.181. The van der Waals surface area contributed by atoms with Crippen molar-refractivity contribution in [1.82, 2.24) is 20.0 Å². The van der Waals surface area contributed by atoms with Crippen molar-refractivity contribution in [1.29, 1.82) is 0 Å². The molecule has 0 radical (unpaired) electrons. The number of guanidine groups is 1. The Bertz CT molecular complexity index is 1730. The maximum absolute atomic E-state index is 14.8. The van der Waals surface area contributed by atoms with Crippen molar-refractivity contribution in [3.05, 3.63) is 76.6 Å². The Balaban J connectivity index is 1.54. The molecule has 5 rings (SSSR count). The number of carbonyl (C=O) groups excluding carboxylic acids is 4. The first kappa shape index (κ1) is 34.7. The summed E-state index contributed by atoms with van der Waals surface area (Å²) in [4.78, 5) is 57.3. The molecule has 0 bridgehead atoms. The summed E-state index contributed by atoms with van der Waals surface area (Å²) in [5, 5.41) is 6.27. The van der Waals surface area contributed by atoms with Crippen LogP contribution in [0.5, 0.6) is 0 Å². The summed E-state index contributed by atoms with van der Waals surface area (Å²) in [6.45, 7) is 2.60. The lowest BCUT2D eigenvalue weighted by Gasteiger charge is -2.35. The second-order valence-corrected chi connectivity index (χ2v) is 13.7. The monoisotopic (exact) mass is 682 g/mol. The molecule has 0 unspecified atom stereocenters. The minimum atomic E-state index is -2.78.